The minimum atomic E-state index is -3.75. The number of nitrogens with one attached hydrogen (secondary N) is 1. The molecule has 0 saturated heterocycles. The van der Waals surface area contributed by atoms with E-state index in [0.29, 0.717) is 13.1 Å². The number of benzene rings is 3. The van der Waals surface area contributed by atoms with Crippen LogP contribution in [-0.4, -0.2) is 26.0 Å². The monoisotopic (exact) mass is 512 g/mol. The van der Waals surface area contributed by atoms with E-state index in [0.717, 1.165) is 59.0 Å². The van der Waals surface area contributed by atoms with Crippen LogP contribution in [0, 0.1) is 0 Å². The summed E-state index contributed by atoms with van der Waals surface area (Å²) in [5, 5.41) is 9.30. The number of aromatic nitrogens is 1. The van der Waals surface area contributed by atoms with E-state index in [2.05, 4.69) is 52.8 Å². The van der Waals surface area contributed by atoms with Crippen molar-refractivity contribution in [2.75, 3.05) is 11.4 Å². The molecule has 188 valence electrons. The number of anilines is 1. The number of pyridine rings is 1. The maximum Gasteiger partial charge on any atom is 0.322 e. The van der Waals surface area contributed by atoms with Gasteiger partial charge in [-0.25, -0.2) is 18.4 Å². The van der Waals surface area contributed by atoms with Crippen molar-refractivity contribution in [3.05, 3.63) is 90.1 Å². The molecule has 0 bridgehead atoms. The molecule has 37 heavy (non-hydrogen) atoms. The van der Waals surface area contributed by atoms with E-state index < -0.39 is 10.0 Å². The number of carbonyl (C=O) groups excluding carboxylic acids is 1. The zero-order chi connectivity index (χ0) is 25.6. The highest BCUT2D eigenvalue weighted by Crippen LogP contribution is 2.51. The second-order valence-corrected chi connectivity index (χ2v) is 11.6. The third-order valence-electron chi connectivity index (χ3n) is 7.76. The van der Waals surface area contributed by atoms with Gasteiger partial charge >= 0.3 is 6.03 Å². The largest absolute Gasteiger partial charge is 0.334 e. The Bertz CT molecular complexity index is 1610. The minimum Gasteiger partial charge on any atom is -0.334 e. The van der Waals surface area contributed by atoms with Gasteiger partial charge in [0.25, 0.3) is 0 Å². The fourth-order valence-electron chi connectivity index (χ4n) is 5.90. The molecule has 7 nitrogen and oxygen atoms in total. The molecule has 8 heteroatoms. The van der Waals surface area contributed by atoms with Gasteiger partial charge in [0.1, 0.15) is 0 Å². The molecule has 0 radical (unpaired) electrons. The van der Waals surface area contributed by atoms with Crippen LogP contribution < -0.4 is 15.4 Å². The van der Waals surface area contributed by atoms with Gasteiger partial charge in [0.05, 0.1) is 10.4 Å². The van der Waals surface area contributed by atoms with Crippen LogP contribution in [0.1, 0.15) is 36.8 Å². The number of para-hydroxylation sites is 1. The molecule has 1 aromatic heterocycles. The summed E-state index contributed by atoms with van der Waals surface area (Å²) in [5.74, 6) is 0. The SMILES string of the molecule is NS(=O)(=O)c1ccc(CNC(=O)N2CC3(CCCC3)c3cc(-c4cccc5cccnc45)ccc32)cc1. The summed E-state index contributed by atoms with van der Waals surface area (Å²) in [6.45, 7) is 0.956. The Balaban J connectivity index is 1.29. The standard InChI is InChI=1S/C29H28N4O3S/c30-37(35,36)23-11-8-20(9-12-23)18-32-28(34)33-19-29(14-1-2-15-29)25-17-22(10-13-26(25)33)24-7-3-5-21-6-4-16-31-27(21)24/h3-13,16-17H,1-2,14-15,18-19H2,(H,32,34)(H2,30,35,36). The van der Waals surface area contributed by atoms with Crippen molar-refractivity contribution in [1.29, 1.82) is 0 Å². The van der Waals surface area contributed by atoms with Crippen molar-refractivity contribution >= 4 is 32.6 Å². The number of urea groups is 1. The molecule has 1 saturated carbocycles. The van der Waals surface area contributed by atoms with Gasteiger partial charge in [0.15, 0.2) is 0 Å². The van der Waals surface area contributed by atoms with Crippen LogP contribution in [0.3, 0.4) is 0 Å². The number of sulfonamides is 1. The first-order chi connectivity index (χ1) is 17.8. The summed E-state index contributed by atoms with van der Waals surface area (Å²) < 4.78 is 23.0. The molecule has 2 amide bonds. The van der Waals surface area contributed by atoms with E-state index in [-0.39, 0.29) is 16.3 Å². The summed E-state index contributed by atoms with van der Waals surface area (Å²) in [4.78, 5) is 19.9. The number of hydrogen-bond donors (Lipinski definition) is 2. The van der Waals surface area contributed by atoms with Crippen LogP contribution in [0.15, 0.2) is 83.9 Å². The second kappa shape index (κ2) is 8.97. The molecule has 1 spiro atoms. The number of nitrogens with zero attached hydrogens (tertiary/aromatic N) is 2. The Hall–Kier alpha value is -3.75. The molecule has 1 fully saturated rings. The number of primary sulfonamides is 1. The van der Waals surface area contributed by atoms with Crippen LogP contribution in [0.25, 0.3) is 22.0 Å². The van der Waals surface area contributed by atoms with E-state index in [1.807, 2.05) is 17.2 Å². The predicted molar refractivity (Wildman–Crippen MR) is 145 cm³/mol. The van der Waals surface area contributed by atoms with Gasteiger partial charge < -0.3 is 5.32 Å². The molecular formula is C29H28N4O3S. The Morgan fingerprint density at radius 3 is 2.51 bits per heavy atom. The third-order valence-corrected chi connectivity index (χ3v) is 8.69. The molecular weight excluding hydrogens is 484 g/mol. The zero-order valence-electron chi connectivity index (χ0n) is 20.4. The molecule has 3 aromatic carbocycles. The van der Waals surface area contributed by atoms with Gasteiger partial charge in [0.2, 0.25) is 10.0 Å². The molecule has 4 aromatic rings. The highest BCUT2D eigenvalue weighted by atomic mass is 32.2. The van der Waals surface area contributed by atoms with Crippen molar-refractivity contribution < 1.29 is 13.2 Å². The lowest BCUT2D eigenvalue weighted by Crippen LogP contribution is -2.41. The third kappa shape index (κ3) is 4.26. The van der Waals surface area contributed by atoms with Crippen LogP contribution >= 0.6 is 0 Å². The van der Waals surface area contributed by atoms with Gasteiger partial charge in [-0.2, -0.15) is 0 Å². The van der Waals surface area contributed by atoms with Gasteiger partial charge in [-0.1, -0.05) is 55.3 Å². The molecule has 0 atom stereocenters. The number of rotatable bonds is 4. The Kier molecular flexibility index (Phi) is 5.73. The average molecular weight is 513 g/mol. The van der Waals surface area contributed by atoms with Crippen LogP contribution in [0.4, 0.5) is 10.5 Å². The summed E-state index contributed by atoms with van der Waals surface area (Å²) in [5.41, 5.74) is 6.16. The Morgan fingerprint density at radius 2 is 1.76 bits per heavy atom. The number of hydrogen-bond acceptors (Lipinski definition) is 4. The maximum absolute atomic E-state index is 13.4. The number of amides is 2. The Morgan fingerprint density at radius 1 is 1.00 bits per heavy atom. The van der Waals surface area contributed by atoms with E-state index in [9.17, 15) is 13.2 Å². The lowest BCUT2D eigenvalue weighted by Gasteiger charge is -2.25. The fraction of sp³-hybridized carbons (Fsp3) is 0.241. The number of nitrogens with two attached hydrogens (primary N) is 1. The van der Waals surface area contributed by atoms with Gasteiger partial charge in [-0.3, -0.25) is 9.88 Å². The van der Waals surface area contributed by atoms with Crippen LogP contribution in [0.2, 0.25) is 0 Å². The number of carbonyl (C=O) groups is 1. The first-order valence-electron chi connectivity index (χ1n) is 12.5. The first-order valence-corrected chi connectivity index (χ1v) is 14.0. The fourth-order valence-corrected chi connectivity index (χ4v) is 6.42. The van der Waals surface area contributed by atoms with Crippen molar-refractivity contribution in [1.82, 2.24) is 10.3 Å². The zero-order valence-corrected chi connectivity index (χ0v) is 21.2. The topological polar surface area (TPSA) is 105 Å². The summed E-state index contributed by atoms with van der Waals surface area (Å²) >= 11 is 0. The van der Waals surface area contributed by atoms with E-state index >= 15 is 0 Å². The van der Waals surface area contributed by atoms with Crippen molar-refractivity contribution in [3.63, 3.8) is 0 Å². The van der Waals surface area contributed by atoms with Crippen molar-refractivity contribution in [2.24, 2.45) is 5.14 Å². The Labute approximate surface area is 216 Å². The summed E-state index contributed by atoms with van der Waals surface area (Å²) in [6, 6.07) is 22.8. The van der Waals surface area contributed by atoms with Crippen LogP contribution in [0.5, 0.6) is 0 Å². The normalized spacial score (nSPS) is 16.3. The molecule has 3 N–H and O–H groups in total. The molecule has 2 aliphatic rings. The molecule has 6 rings (SSSR count). The van der Waals surface area contributed by atoms with Crippen molar-refractivity contribution in [2.45, 2.75) is 42.5 Å². The molecule has 1 aliphatic heterocycles. The highest BCUT2D eigenvalue weighted by Gasteiger charge is 2.46. The highest BCUT2D eigenvalue weighted by molar-refractivity contribution is 7.89. The first kappa shape index (κ1) is 23.6. The van der Waals surface area contributed by atoms with E-state index in [1.54, 1.807) is 12.1 Å². The minimum absolute atomic E-state index is 0.0299. The molecule has 1 aliphatic carbocycles. The average Bonchev–Trinajstić information content (AvgIpc) is 3.51. The smallest absolute Gasteiger partial charge is 0.322 e. The molecule has 0 unspecified atom stereocenters. The molecule has 2 heterocycles. The lowest BCUT2D eigenvalue weighted by atomic mass is 9.80. The van der Waals surface area contributed by atoms with Gasteiger partial charge in [-0.05, 0) is 59.9 Å². The lowest BCUT2D eigenvalue weighted by molar-refractivity contribution is 0.245. The van der Waals surface area contributed by atoms with Crippen LogP contribution in [-0.2, 0) is 22.0 Å². The van der Waals surface area contributed by atoms with E-state index in [1.165, 1.54) is 17.7 Å². The van der Waals surface area contributed by atoms with E-state index in [4.69, 9.17) is 5.14 Å². The second-order valence-electron chi connectivity index (χ2n) is 10.0. The van der Waals surface area contributed by atoms with Crippen molar-refractivity contribution in [3.8, 4) is 11.1 Å². The van der Waals surface area contributed by atoms with Gasteiger partial charge in [0, 0.05) is 41.3 Å². The predicted octanol–water partition coefficient (Wildman–Crippen LogP) is 5.09. The maximum atomic E-state index is 13.4. The van der Waals surface area contributed by atoms with Gasteiger partial charge in [-0.15, -0.1) is 0 Å². The summed E-state index contributed by atoms with van der Waals surface area (Å²) in [7, 11) is -3.75. The summed E-state index contributed by atoms with van der Waals surface area (Å²) in [6.07, 6.45) is 6.27. The quantitative estimate of drug-likeness (QED) is 0.397. The number of fused-ring (bicyclic) bond motifs is 3.